The molecule has 0 unspecified atom stereocenters. The molecule has 0 spiro atoms. The van der Waals surface area contributed by atoms with Crippen LogP contribution in [0.5, 0.6) is 0 Å². The Labute approximate surface area is 134 Å². The lowest BCUT2D eigenvalue weighted by molar-refractivity contribution is -0.143. The summed E-state index contributed by atoms with van der Waals surface area (Å²) < 4.78 is 4.82. The maximum Gasteiger partial charge on any atom is 0.307 e. The molecule has 0 heterocycles. The van der Waals surface area contributed by atoms with Crippen LogP contribution in [-0.2, 0) is 14.3 Å². The number of carbonyl (C=O) groups is 2. The first kappa shape index (κ1) is 17.8. The maximum atomic E-state index is 11.9. The van der Waals surface area contributed by atoms with E-state index in [1.165, 1.54) is 0 Å². The van der Waals surface area contributed by atoms with Gasteiger partial charge in [-0.1, -0.05) is 29.3 Å². The summed E-state index contributed by atoms with van der Waals surface area (Å²) in [4.78, 5) is 24.8. The Kier molecular flexibility index (Phi) is 7.50. The molecular weight excluding hydrogens is 315 g/mol. The summed E-state index contributed by atoms with van der Waals surface area (Å²) in [7, 11) is 1.75. The van der Waals surface area contributed by atoms with Gasteiger partial charge in [0.1, 0.15) is 0 Å². The van der Waals surface area contributed by atoms with E-state index in [4.69, 9.17) is 27.9 Å². The Morgan fingerprint density at radius 2 is 2.05 bits per heavy atom. The average molecular weight is 333 g/mol. The number of esters is 1. The van der Waals surface area contributed by atoms with E-state index in [0.717, 1.165) is 0 Å². The first-order chi connectivity index (χ1) is 9.93. The molecule has 5 nitrogen and oxygen atoms in total. The van der Waals surface area contributed by atoms with Crippen molar-refractivity contribution in [3.05, 3.63) is 28.2 Å². The van der Waals surface area contributed by atoms with E-state index < -0.39 is 0 Å². The minimum absolute atomic E-state index is 0.141. The summed E-state index contributed by atoms with van der Waals surface area (Å²) >= 11 is 11.9. The van der Waals surface area contributed by atoms with Crippen LogP contribution in [0.2, 0.25) is 10.0 Å². The Morgan fingerprint density at radius 3 is 2.71 bits per heavy atom. The average Bonchev–Trinajstić information content (AvgIpc) is 2.42. The normalized spacial score (nSPS) is 10.5. The number of nitrogens with one attached hydrogen (secondary N) is 1. The van der Waals surface area contributed by atoms with Crippen LogP contribution in [-0.4, -0.2) is 43.5 Å². The third-order valence-corrected chi connectivity index (χ3v) is 3.46. The van der Waals surface area contributed by atoms with Crippen LogP contribution in [0, 0.1) is 0 Å². The van der Waals surface area contributed by atoms with Crippen LogP contribution in [0.25, 0.3) is 0 Å². The van der Waals surface area contributed by atoms with Gasteiger partial charge in [-0.05, 0) is 26.1 Å². The van der Waals surface area contributed by atoms with Crippen LogP contribution < -0.4 is 5.32 Å². The molecule has 0 aliphatic carbocycles. The van der Waals surface area contributed by atoms with E-state index >= 15 is 0 Å². The molecule has 0 aliphatic rings. The Morgan fingerprint density at radius 1 is 1.33 bits per heavy atom. The summed E-state index contributed by atoms with van der Waals surface area (Å²) in [5.41, 5.74) is 0.466. The Bertz CT molecular complexity index is 509. The van der Waals surface area contributed by atoms with E-state index in [1.54, 1.807) is 37.1 Å². The molecule has 1 N–H and O–H groups in total. The van der Waals surface area contributed by atoms with Crippen molar-refractivity contribution in [1.29, 1.82) is 0 Å². The highest BCUT2D eigenvalue weighted by Gasteiger charge is 2.11. The highest BCUT2D eigenvalue weighted by Crippen LogP contribution is 2.29. The number of halogens is 2. The van der Waals surface area contributed by atoms with Crippen LogP contribution in [0.4, 0.5) is 5.69 Å². The van der Waals surface area contributed by atoms with Gasteiger partial charge in [0.15, 0.2) is 0 Å². The van der Waals surface area contributed by atoms with Gasteiger partial charge in [0.25, 0.3) is 0 Å². The molecular formula is C14H18Cl2N2O3. The topological polar surface area (TPSA) is 58.6 Å². The molecule has 0 bridgehead atoms. The minimum Gasteiger partial charge on any atom is -0.466 e. The Hall–Kier alpha value is -1.30. The minimum atomic E-state index is -0.275. The van der Waals surface area contributed by atoms with Gasteiger partial charge in [0, 0.05) is 6.54 Å². The van der Waals surface area contributed by atoms with E-state index in [2.05, 4.69) is 5.32 Å². The van der Waals surface area contributed by atoms with Crippen LogP contribution in [0.1, 0.15) is 13.3 Å². The molecule has 1 amide bonds. The number of hydrogen-bond donors (Lipinski definition) is 1. The quantitative estimate of drug-likeness (QED) is 0.780. The molecule has 116 valence electrons. The molecule has 0 fully saturated rings. The van der Waals surface area contributed by atoms with Gasteiger partial charge >= 0.3 is 5.97 Å². The van der Waals surface area contributed by atoms with Gasteiger partial charge in [-0.15, -0.1) is 0 Å². The summed E-state index contributed by atoms with van der Waals surface area (Å²) in [6.07, 6.45) is 0.246. The van der Waals surface area contributed by atoms with Gasteiger partial charge in [-0.3, -0.25) is 14.5 Å². The first-order valence-corrected chi connectivity index (χ1v) is 7.27. The lowest BCUT2D eigenvalue weighted by atomic mass is 10.3. The molecule has 1 rings (SSSR count). The molecule has 0 radical (unpaired) electrons. The van der Waals surface area contributed by atoms with Crippen LogP contribution in [0.3, 0.4) is 0 Å². The number of likely N-dealkylation sites (N-methyl/N-ethyl adjacent to an activating group) is 1. The standard InChI is InChI=1S/C14H18Cl2N2O3/c1-3-21-13(20)7-8-18(2)9-12(19)17-11-6-4-5-10(15)14(11)16/h4-6H,3,7-9H2,1-2H3,(H,17,19). The molecule has 0 saturated carbocycles. The third-order valence-electron chi connectivity index (χ3n) is 2.64. The SMILES string of the molecule is CCOC(=O)CCN(C)CC(=O)Nc1cccc(Cl)c1Cl. The summed E-state index contributed by atoms with van der Waals surface area (Å²) in [6.45, 7) is 2.69. The van der Waals surface area contributed by atoms with Gasteiger partial charge in [-0.2, -0.15) is 0 Å². The van der Waals surface area contributed by atoms with E-state index in [-0.39, 0.29) is 24.8 Å². The fourth-order valence-electron chi connectivity index (χ4n) is 1.63. The van der Waals surface area contributed by atoms with Gasteiger partial charge in [0.2, 0.25) is 5.91 Å². The summed E-state index contributed by atoms with van der Waals surface area (Å²) in [5.74, 6) is -0.506. The fourth-order valence-corrected chi connectivity index (χ4v) is 1.98. The monoisotopic (exact) mass is 332 g/mol. The lowest BCUT2D eigenvalue weighted by Gasteiger charge is -2.16. The molecule has 1 aromatic rings. The first-order valence-electron chi connectivity index (χ1n) is 6.52. The summed E-state index contributed by atoms with van der Waals surface area (Å²) in [6, 6.07) is 5.02. The second-order valence-electron chi connectivity index (χ2n) is 4.44. The molecule has 0 aliphatic heterocycles. The van der Waals surface area contributed by atoms with Crippen LogP contribution >= 0.6 is 23.2 Å². The van der Waals surface area contributed by atoms with Crippen molar-refractivity contribution >= 4 is 40.8 Å². The number of benzene rings is 1. The van der Waals surface area contributed by atoms with Gasteiger partial charge in [0.05, 0.1) is 35.3 Å². The van der Waals surface area contributed by atoms with Crippen molar-refractivity contribution in [3.63, 3.8) is 0 Å². The zero-order valence-electron chi connectivity index (χ0n) is 12.0. The van der Waals surface area contributed by atoms with E-state index in [0.29, 0.717) is 28.9 Å². The van der Waals surface area contributed by atoms with E-state index in [9.17, 15) is 9.59 Å². The maximum absolute atomic E-state index is 11.9. The van der Waals surface area contributed by atoms with Crippen LogP contribution in [0.15, 0.2) is 18.2 Å². The van der Waals surface area contributed by atoms with Gasteiger partial charge < -0.3 is 10.1 Å². The van der Waals surface area contributed by atoms with Crippen molar-refractivity contribution < 1.29 is 14.3 Å². The number of nitrogens with zero attached hydrogens (tertiary/aromatic N) is 1. The zero-order chi connectivity index (χ0) is 15.8. The second-order valence-corrected chi connectivity index (χ2v) is 5.23. The molecule has 21 heavy (non-hydrogen) atoms. The second kappa shape index (κ2) is 8.87. The third kappa shape index (κ3) is 6.33. The predicted molar refractivity (Wildman–Crippen MR) is 83.8 cm³/mol. The number of carbonyl (C=O) groups excluding carboxylic acids is 2. The van der Waals surface area contributed by atoms with Crippen molar-refractivity contribution in [1.82, 2.24) is 4.90 Å². The molecule has 0 atom stereocenters. The van der Waals surface area contributed by atoms with Crippen molar-refractivity contribution in [2.45, 2.75) is 13.3 Å². The Balaban J connectivity index is 2.43. The molecule has 0 saturated heterocycles. The highest BCUT2D eigenvalue weighted by molar-refractivity contribution is 6.43. The molecule has 7 heteroatoms. The van der Waals surface area contributed by atoms with Crippen molar-refractivity contribution in [3.8, 4) is 0 Å². The van der Waals surface area contributed by atoms with Crippen molar-refractivity contribution in [2.24, 2.45) is 0 Å². The smallest absolute Gasteiger partial charge is 0.307 e. The number of hydrogen-bond acceptors (Lipinski definition) is 4. The lowest BCUT2D eigenvalue weighted by Crippen LogP contribution is -2.32. The number of rotatable bonds is 7. The fraction of sp³-hybridized carbons (Fsp3) is 0.429. The predicted octanol–water partition coefficient (Wildman–Crippen LogP) is 2.82. The van der Waals surface area contributed by atoms with Crippen molar-refractivity contribution in [2.75, 3.05) is 32.1 Å². The van der Waals surface area contributed by atoms with Gasteiger partial charge in [-0.25, -0.2) is 0 Å². The number of ether oxygens (including phenoxy) is 1. The molecule has 0 aromatic heterocycles. The highest BCUT2D eigenvalue weighted by atomic mass is 35.5. The number of amides is 1. The summed E-state index contributed by atoms with van der Waals surface area (Å²) in [5, 5.41) is 3.37. The largest absolute Gasteiger partial charge is 0.466 e. The zero-order valence-corrected chi connectivity index (χ0v) is 13.5. The number of anilines is 1. The van der Waals surface area contributed by atoms with E-state index in [1.807, 2.05) is 0 Å². The molecule has 1 aromatic carbocycles.